The van der Waals surface area contributed by atoms with Crippen LogP contribution < -0.4 is 10.1 Å². The van der Waals surface area contributed by atoms with Crippen molar-refractivity contribution >= 4 is 17.2 Å². The summed E-state index contributed by atoms with van der Waals surface area (Å²) < 4.78 is 6.01. The van der Waals surface area contributed by atoms with Gasteiger partial charge in [0.05, 0.1) is 16.6 Å². The third-order valence-corrected chi connectivity index (χ3v) is 4.49. The first-order chi connectivity index (χ1) is 15.3. The third-order valence-electron chi connectivity index (χ3n) is 4.49. The van der Waals surface area contributed by atoms with Crippen LogP contribution in [0.3, 0.4) is 0 Å². The highest BCUT2D eigenvalue weighted by Gasteiger charge is 2.18. The number of aromatic nitrogens is 1. The maximum Gasteiger partial charge on any atom is 0.311 e. The molecule has 0 saturated heterocycles. The fourth-order valence-corrected chi connectivity index (χ4v) is 3.01. The lowest BCUT2D eigenvalue weighted by Crippen LogP contribution is -2.02. The van der Waals surface area contributed by atoms with E-state index in [0.717, 1.165) is 16.7 Å². The average Bonchev–Trinajstić information content (AvgIpc) is 2.75. The maximum absolute atomic E-state index is 11.5. The minimum absolute atomic E-state index is 0.0481. The van der Waals surface area contributed by atoms with Crippen LogP contribution in [0.15, 0.2) is 48.5 Å². The van der Waals surface area contributed by atoms with Crippen molar-refractivity contribution in [3.8, 4) is 29.5 Å². The van der Waals surface area contributed by atoms with Crippen LogP contribution in [0.4, 0.5) is 17.2 Å². The van der Waals surface area contributed by atoms with Gasteiger partial charge in [0.1, 0.15) is 5.75 Å². The first kappa shape index (κ1) is 22.3. The van der Waals surface area contributed by atoms with E-state index in [-0.39, 0.29) is 23.3 Å². The van der Waals surface area contributed by atoms with E-state index >= 15 is 0 Å². The summed E-state index contributed by atoms with van der Waals surface area (Å²) in [5.74, 6) is 7.48. The molecule has 32 heavy (non-hydrogen) atoms. The van der Waals surface area contributed by atoms with Gasteiger partial charge in [-0.15, -0.1) is 0 Å². The van der Waals surface area contributed by atoms with Crippen molar-refractivity contribution in [2.75, 3.05) is 5.32 Å². The van der Waals surface area contributed by atoms with Gasteiger partial charge in [-0.3, -0.25) is 10.1 Å². The largest absolute Gasteiger partial charge is 0.438 e. The summed E-state index contributed by atoms with van der Waals surface area (Å²) in [6.45, 7) is 7.91. The quantitative estimate of drug-likeness (QED) is 0.304. The Morgan fingerprint density at radius 1 is 1.06 bits per heavy atom. The molecule has 0 radical (unpaired) electrons. The van der Waals surface area contributed by atoms with E-state index in [0.29, 0.717) is 17.0 Å². The Balaban J connectivity index is 1.92. The Morgan fingerprint density at radius 3 is 2.28 bits per heavy atom. The highest BCUT2D eigenvalue weighted by atomic mass is 16.6. The Morgan fingerprint density at radius 2 is 1.72 bits per heavy atom. The molecule has 2 aromatic carbocycles. The van der Waals surface area contributed by atoms with Crippen molar-refractivity contribution in [2.24, 2.45) is 5.92 Å². The summed E-state index contributed by atoms with van der Waals surface area (Å²) in [5.41, 5.74) is 3.55. The summed E-state index contributed by atoms with van der Waals surface area (Å²) in [6.07, 6.45) is 0. The van der Waals surface area contributed by atoms with Gasteiger partial charge < -0.3 is 10.1 Å². The van der Waals surface area contributed by atoms with E-state index < -0.39 is 4.92 Å². The van der Waals surface area contributed by atoms with Crippen molar-refractivity contribution in [1.29, 1.82) is 5.26 Å². The Bertz CT molecular complexity index is 1240. The number of nitrogens with one attached hydrogen (secondary N) is 1. The van der Waals surface area contributed by atoms with Crippen molar-refractivity contribution < 1.29 is 9.66 Å². The van der Waals surface area contributed by atoms with E-state index in [1.165, 1.54) is 12.1 Å². The van der Waals surface area contributed by atoms with E-state index in [1.807, 2.05) is 45.9 Å². The number of aryl methyl sites for hydroxylation is 2. The molecule has 0 bridgehead atoms. The van der Waals surface area contributed by atoms with Gasteiger partial charge in [-0.05, 0) is 61.4 Å². The standard InChI is InChI=1S/C25H22N4O3/c1-16(2)5-6-20-13-17(3)24(18(4)14-20)32-23-12-11-22(29(30)31)25(28-23)27-21-9-7-19(15-26)8-10-21/h7-14,16H,1-4H3,(H,27,28). The van der Waals surface area contributed by atoms with E-state index in [4.69, 9.17) is 10.00 Å². The first-order valence-electron chi connectivity index (χ1n) is 10.00. The van der Waals surface area contributed by atoms with Gasteiger partial charge in [0.15, 0.2) is 0 Å². The van der Waals surface area contributed by atoms with Crippen LogP contribution in [0.5, 0.6) is 11.6 Å². The molecular weight excluding hydrogens is 404 g/mol. The fourth-order valence-electron chi connectivity index (χ4n) is 3.01. The van der Waals surface area contributed by atoms with E-state index in [1.54, 1.807) is 24.3 Å². The van der Waals surface area contributed by atoms with Crippen molar-refractivity contribution in [2.45, 2.75) is 27.7 Å². The number of hydrogen-bond acceptors (Lipinski definition) is 6. The van der Waals surface area contributed by atoms with Crippen LogP contribution in [0.25, 0.3) is 0 Å². The fraction of sp³-hybridized carbons (Fsp3) is 0.200. The van der Waals surface area contributed by atoms with Gasteiger partial charge in [-0.1, -0.05) is 25.7 Å². The van der Waals surface area contributed by atoms with Crippen LogP contribution in [0.2, 0.25) is 0 Å². The molecule has 0 amide bonds. The molecule has 3 aromatic rings. The predicted octanol–water partition coefficient (Wildman–Crippen LogP) is 6.02. The highest BCUT2D eigenvalue weighted by molar-refractivity contribution is 5.66. The zero-order valence-corrected chi connectivity index (χ0v) is 18.3. The van der Waals surface area contributed by atoms with Crippen molar-refractivity contribution in [1.82, 2.24) is 4.98 Å². The summed E-state index contributed by atoms with van der Waals surface area (Å²) in [4.78, 5) is 15.3. The van der Waals surface area contributed by atoms with Crippen LogP contribution in [0, 0.1) is 53.1 Å². The van der Waals surface area contributed by atoms with Gasteiger partial charge in [0.25, 0.3) is 0 Å². The summed E-state index contributed by atoms with van der Waals surface area (Å²) >= 11 is 0. The minimum Gasteiger partial charge on any atom is -0.438 e. The topological polar surface area (TPSA) is 101 Å². The number of pyridine rings is 1. The number of nitro groups is 1. The maximum atomic E-state index is 11.5. The number of nitrogens with zero attached hydrogens (tertiary/aromatic N) is 3. The van der Waals surface area contributed by atoms with Crippen LogP contribution in [-0.2, 0) is 0 Å². The van der Waals surface area contributed by atoms with E-state index in [2.05, 4.69) is 22.1 Å². The lowest BCUT2D eigenvalue weighted by Gasteiger charge is -2.13. The minimum atomic E-state index is -0.512. The first-order valence-corrected chi connectivity index (χ1v) is 10.00. The number of hydrogen-bond donors (Lipinski definition) is 1. The molecule has 7 heteroatoms. The summed E-state index contributed by atoms with van der Waals surface area (Å²) in [7, 11) is 0. The molecule has 0 saturated carbocycles. The molecule has 160 valence electrons. The Kier molecular flexibility index (Phi) is 6.72. The zero-order valence-electron chi connectivity index (χ0n) is 18.3. The van der Waals surface area contributed by atoms with Crippen molar-refractivity contribution in [3.05, 3.63) is 80.9 Å². The second kappa shape index (κ2) is 9.63. The average molecular weight is 426 g/mol. The van der Waals surface area contributed by atoms with Gasteiger partial charge in [0, 0.05) is 29.3 Å². The molecule has 1 heterocycles. The Labute approximate surface area is 186 Å². The molecule has 0 aliphatic carbocycles. The number of nitriles is 1. The summed E-state index contributed by atoms with van der Waals surface area (Å²) in [6, 6.07) is 15.3. The van der Waals surface area contributed by atoms with Crippen molar-refractivity contribution in [3.63, 3.8) is 0 Å². The molecular formula is C25H22N4O3. The molecule has 1 N–H and O–H groups in total. The number of benzene rings is 2. The van der Waals surface area contributed by atoms with Gasteiger partial charge in [-0.2, -0.15) is 10.2 Å². The SMILES string of the molecule is Cc1cc(C#CC(C)C)cc(C)c1Oc1ccc([N+](=O)[O-])c(Nc2ccc(C#N)cc2)n1. The lowest BCUT2D eigenvalue weighted by molar-refractivity contribution is -0.384. The van der Waals surface area contributed by atoms with Gasteiger partial charge in [0.2, 0.25) is 11.7 Å². The molecule has 0 aliphatic heterocycles. The molecule has 0 fully saturated rings. The molecule has 0 aliphatic rings. The highest BCUT2D eigenvalue weighted by Crippen LogP contribution is 2.33. The number of rotatable bonds is 5. The second-order valence-electron chi connectivity index (χ2n) is 7.55. The number of anilines is 2. The second-order valence-corrected chi connectivity index (χ2v) is 7.55. The summed E-state index contributed by atoms with van der Waals surface area (Å²) in [5, 5.41) is 23.3. The van der Waals surface area contributed by atoms with Crippen LogP contribution in [0.1, 0.15) is 36.1 Å². The van der Waals surface area contributed by atoms with Crippen LogP contribution in [-0.4, -0.2) is 9.91 Å². The normalized spacial score (nSPS) is 10.1. The third kappa shape index (κ3) is 5.41. The van der Waals surface area contributed by atoms with Gasteiger partial charge in [-0.25, -0.2) is 0 Å². The molecule has 1 aromatic heterocycles. The van der Waals surface area contributed by atoms with Gasteiger partial charge >= 0.3 is 5.69 Å². The lowest BCUT2D eigenvalue weighted by atomic mass is 10.1. The smallest absolute Gasteiger partial charge is 0.311 e. The Hall–Kier alpha value is -4.36. The monoisotopic (exact) mass is 426 g/mol. The van der Waals surface area contributed by atoms with E-state index in [9.17, 15) is 10.1 Å². The zero-order chi connectivity index (χ0) is 23.3. The molecule has 0 spiro atoms. The molecule has 3 rings (SSSR count). The van der Waals surface area contributed by atoms with Crippen LogP contribution >= 0.6 is 0 Å². The predicted molar refractivity (Wildman–Crippen MR) is 123 cm³/mol. The molecule has 0 atom stereocenters. The molecule has 0 unspecified atom stereocenters. The number of ether oxygens (including phenoxy) is 1. The molecule has 7 nitrogen and oxygen atoms in total.